The Kier molecular flexibility index (Phi) is 3.60. The highest BCUT2D eigenvalue weighted by Gasteiger charge is 2.12. The van der Waals surface area contributed by atoms with E-state index in [0.717, 1.165) is 4.47 Å². The third-order valence-electron chi connectivity index (χ3n) is 2.28. The molecule has 0 unspecified atom stereocenters. The summed E-state index contributed by atoms with van der Waals surface area (Å²) in [5, 5.41) is 0.369. The average Bonchev–Trinajstić information content (AvgIpc) is 2.29. The van der Waals surface area contributed by atoms with Crippen molar-refractivity contribution in [1.29, 1.82) is 0 Å². The van der Waals surface area contributed by atoms with E-state index in [1.54, 1.807) is 18.2 Å². The van der Waals surface area contributed by atoms with Crippen molar-refractivity contribution in [1.82, 2.24) is 0 Å². The van der Waals surface area contributed by atoms with Crippen LogP contribution in [0.2, 0.25) is 5.02 Å². The number of rotatable bonds is 2. The van der Waals surface area contributed by atoms with Crippen LogP contribution < -0.4 is 0 Å². The molecule has 0 saturated heterocycles. The monoisotopic (exact) mass is 312 g/mol. The Bertz CT molecular complexity index is 566. The van der Waals surface area contributed by atoms with Crippen molar-refractivity contribution < 1.29 is 9.18 Å². The second kappa shape index (κ2) is 4.98. The molecular weight excluding hydrogens is 306 g/mol. The zero-order valence-electron chi connectivity index (χ0n) is 8.58. The Labute approximate surface area is 111 Å². The van der Waals surface area contributed by atoms with Crippen LogP contribution in [0.5, 0.6) is 0 Å². The maximum absolute atomic E-state index is 12.7. The zero-order valence-corrected chi connectivity index (χ0v) is 10.9. The lowest BCUT2D eigenvalue weighted by atomic mass is 10.0. The molecule has 0 N–H and O–H groups in total. The summed E-state index contributed by atoms with van der Waals surface area (Å²) in [4.78, 5) is 12.1. The van der Waals surface area contributed by atoms with Gasteiger partial charge in [0.25, 0.3) is 0 Å². The van der Waals surface area contributed by atoms with Gasteiger partial charge >= 0.3 is 0 Å². The molecule has 0 aromatic heterocycles. The molecule has 0 atom stereocenters. The van der Waals surface area contributed by atoms with Gasteiger partial charge in [0.2, 0.25) is 0 Å². The van der Waals surface area contributed by atoms with Crippen molar-refractivity contribution in [3.63, 3.8) is 0 Å². The van der Waals surface area contributed by atoms with Crippen molar-refractivity contribution in [3.05, 3.63) is 68.9 Å². The molecule has 4 heteroatoms. The van der Waals surface area contributed by atoms with Crippen LogP contribution in [0.4, 0.5) is 4.39 Å². The van der Waals surface area contributed by atoms with Crippen LogP contribution in [0.1, 0.15) is 15.9 Å². The van der Waals surface area contributed by atoms with E-state index < -0.39 is 0 Å². The zero-order chi connectivity index (χ0) is 12.4. The maximum Gasteiger partial charge on any atom is 0.194 e. The van der Waals surface area contributed by atoms with E-state index >= 15 is 0 Å². The number of carbonyl (C=O) groups excluding carboxylic acids is 1. The fourth-order valence-electron chi connectivity index (χ4n) is 1.43. The molecule has 1 nitrogen and oxygen atoms in total. The standard InChI is InChI=1S/C13H7BrClFO/c14-9-3-6-11(12(15)7-9)13(17)8-1-4-10(16)5-2-8/h1-7H. The van der Waals surface area contributed by atoms with E-state index in [0.29, 0.717) is 16.1 Å². The molecule has 2 rings (SSSR count). The van der Waals surface area contributed by atoms with E-state index in [-0.39, 0.29) is 11.6 Å². The molecule has 0 saturated carbocycles. The minimum absolute atomic E-state index is 0.220. The van der Waals surface area contributed by atoms with E-state index in [9.17, 15) is 9.18 Å². The van der Waals surface area contributed by atoms with E-state index in [4.69, 9.17) is 11.6 Å². The lowest BCUT2D eigenvalue weighted by Gasteiger charge is -2.04. The topological polar surface area (TPSA) is 17.1 Å². The van der Waals surface area contributed by atoms with Crippen LogP contribution in [-0.2, 0) is 0 Å². The minimum atomic E-state index is -0.372. The van der Waals surface area contributed by atoms with Gasteiger partial charge in [0, 0.05) is 15.6 Å². The molecule has 86 valence electrons. The van der Waals surface area contributed by atoms with Crippen molar-refractivity contribution in [2.45, 2.75) is 0 Å². The molecule has 0 heterocycles. The first kappa shape index (κ1) is 12.3. The quantitative estimate of drug-likeness (QED) is 0.748. The van der Waals surface area contributed by atoms with Gasteiger partial charge in [-0.25, -0.2) is 4.39 Å². The summed E-state index contributed by atoms with van der Waals surface area (Å²) in [5.74, 6) is -0.592. The van der Waals surface area contributed by atoms with Crippen LogP contribution in [0.3, 0.4) is 0 Å². The van der Waals surface area contributed by atoms with Crippen LogP contribution in [0.15, 0.2) is 46.9 Å². The third kappa shape index (κ3) is 2.73. The van der Waals surface area contributed by atoms with Gasteiger partial charge in [0.05, 0.1) is 5.02 Å². The summed E-state index contributed by atoms with van der Waals surface area (Å²) in [6.07, 6.45) is 0. The number of hydrogen-bond donors (Lipinski definition) is 0. The van der Waals surface area contributed by atoms with Crippen molar-refractivity contribution in [2.75, 3.05) is 0 Å². The van der Waals surface area contributed by atoms with Crippen molar-refractivity contribution >= 4 is 33.3 Å². The molecule has 2 aromatic carbocycles. The molecule has 0 aliphatic carbocycles. The third-order valence-corrected chi connectivity index (χ3v) is 3.09. The Morgan fingerprint density at radius 2 is 1.76 bits per heavy atom. The molecule has 0 aliphatic rings. The predicted octanol–water partition coefficient (Wildman–Crippen LogP) is 4.47. The van der Waals surface area contributed by atoms with Gasteiger partial charge in [0.15, 0.2) is 5.78 Å². The van der Waals surface area contributed by atoms with Crippen molar-refractivity contribution in [3.8, 4) is 0 Å². The van der Waals surface area contributed by atoms with Crippen LogP contribution >= 0.6 is 27.5 Å². The Hall–Kier alpha value is -1.19. The van der Waals surface area contributed by atoms with Gasteiger partial charge in [-0.3, -0.25) is 4.79 Å². The van der Waals surface area contributed by atoms with Gasteiger partial charge in [-0.15, -0.1) is 0 Å². The second-order valence-corrected chi connectivity index (χ2v) is 4.78. The van der Waals surface area contributed by atoms with E-state index in [1.165, 1.54) is 24.3 Å². The number of carbonyl (C=O) groups is 1. The summed E-state index contributed by atoms with van der Waals surface area (Å²) in [6.45, 7) is 0. The molecule has 0 fully saturated rings. The Morgan fingerprint density at radius 3 is 2.35 bits per heavy atom. The molecule has 0 bridgehead atoms. The number of halogens is 3. The SMILES string of the molecule is O=C(c1ccc(F)cc1)c1ccc(Br)cc1Cl. The fraction of sp³-hybridized carbons (Fsp3) is 0. The van der Waals surface area contributed by atoms with Crippen LogP contribution in [-0.4, -0.2) is 5.78 Å². The highest BCUT2D eigenvalue weighted by atomic mass is 79.9. The first-order chi connectivity index (χ1) is 8.08. The van der Waals surface area contributed by atoms with Gasteiger partial charge in [-0.1, -0.05) is 27.5 Å². The summed E-state index contributed by atoms with van der Waals surface area (Å²) in [6, 6.07) is 10.4. The Morgan fingerprint density at radius 1 is 1.12 bits per heavy atom. The highest BCUT2D eigenvalue weighted by Crippen LogP contribution is 2.23. The molecule has 0 spiro atoms. The predicted molar refractivity (Wildman–Crippen MR) is 69.0 cm³/mol. The van der Waals surface area contributed by atoms with Crippen molar-refractivity contribution in [2.24, 2.45) is 0 Å². The van der Waals surface area contributed by atoms with Gasteiger partial charge < -0.3 is 0 Å². The first-order valence-corrected chi connectivity index (χ1v) is 6.00. The van der Waals surface area contributed by atoms with E-state index in [1.807, 2.05) is 0 Å². The normalized spacial score (nSPS) is 10.3. The maximum atomic E-state index is 12.7. The average molecular weight is 314 g/mol. The van der Waals surface area contributed by atoms with Gasteiger partial charge in [-0.2, -0.15) is 0 Å². The molecule has 0 aliphatic heterocycles. The van der Waals surface area contributed by atoms with Crippen LogP contribution in [0.25, 0.3) is 0 Å². The summed E-state index contributed by atoms with van der Waals surface area (Å²) < 4.78 is 13.5. The number of benzene rings is 2. The van der Waals surface area contributed by atoms with E-state index in [2.05, 4.69) is 15.9 Å². The number of ketones is 1. The summed E-state index contributed by atoms with van der Waals surface area (Å²) in [5.41, 5.74) is 0.817. The largest absolute Gasteiger partial charge is 0.289 e. The van der Waals surface area contributed by atoms with Gasteiger partial charge in [0.1, 0.15) is 5.82 Å². The summed E-state index contributed by atoms with van der Waals surface area (Å²) >= 11 is 9.25. The fourth-order valence-corrected chi connectivity index (χ4v) is 2.19. The van der Waals surface area contributed by atoms with Crippen LogP contribution in [0, 0.1) is 5.82 Å². The minimum Gasteiger partial charge on any atom is -0.289 e. The second-order valence-electron chi connectivity index (χ2n) is 3.46. The Balaban J connectivity index is 2.40. The molecule has 0 radical (unpaired) electrons. The lowest BCUT2D eigenvalue weighted by molar-refractivity contribution is 0.103. The lowest BCUT2D eigenvalue weighted by Crippen LogP contribution is -2.02. The highest BCUT2D eigenvalue weighted by molar-refractivity contribution is 9.10. The molecule has 0 amide bonds. The molecular formula is C13H7BrClFO. The summed E-state index contributed by atoms with van der Waals surface area (Å²) in [7, 11) is 0. The first-order valence-electron chi connectivity index (χ1n) is 4.83. The number of hydrogen-bond acceptors (Lipinski definition) is 1. The molecule has 2 aromatic rings. The van der Waals surface area contributed by atoms with Gasteiger partial charge in [-0.05, 0) is 42.5 Å². The molecule has 17 heavy (non-hydrogen) atoms. The smallest absolute Gasteiger partial charge is 0.194 e.